The van der Waals surface area contributed by atoms with E-state index in [0.717, 1.165) is 12.1 Å². The van der Waals surface area contributed by atoms with Gasteiger partial charge in [-0.05, 0) is 18.6 Å². The minimum Gasteiger partial charge on any atom is -0.258 e. The number of nitro benzene ring substituents is 1. The van der Waals surface area contributed by atoms with Gasteiger partial charge in [0.15, 0.2) is 0 Å². The van der Waals surface area contributed by atoms with Gasteiger partial charge in [-0.25, -0.2) is 8.42 Å². The van der Waals surface area contributed by atoms with Gasteiger partial charge in [-0.1, -0.05) is 11.6 Å². The Balaban J connectivity index is 3.52. The molecule has 82 valence electrons. The highest BCUT2D eigenvalue weighted by atomic mass is 35.7. The molecule has 0 bridgehead atoms. The monoisotopic (exact) mass is 269 g/mol. The number of halogens is 2. The van der Waals surface area contributed by atoms with Gasteiger partial charge in [-0.2, -0.15) is 0 Å². The molecule has 1 rings (SSSR count). The highest BCUT2D eigenvalue weighted by Crippen LogP contribution is 2.31. The largest absolute Gasteiger partial charge is 0.288 e. The first-order chi connectivity index (χ1) is 6.73. The molecule has 0 saturated heterocycles. The summed E-state index contributed by atoms with van der Waals surface area (Å²) < 4.78 is 22.0. The van der Waals surface area contributed by atoms with Crippen LogP contribution in [0.1, 0.15) is 5.56 Å². The van der Waals surface area contributed by atoms with Crippen LogP contribution in [0.2, 0.25) is 5.02 Å². The van der Waals surface area contributed by atoms with Crippen molar-refractivity contribution in [2.45, 2.75) is 11.8 Å². The smallest absolute Gasteiger partial charge is 0.258 e. The molecule has 8 heteroatoms. The van der Waals surface area contributed by atoms with E-state index in [4.69, 9.17) is 22.3 Å². The van der Waals surface area contributed by atoms with Gasteiger partial charge in [-0.3, -0.25) is 10.1 Å². The number of rotatable bonds is 2. The third kappa shape index (κ3) is 2.58. The predicted octanol–water partition coefficient (Wildman–Crippen LogP) is 2.48. The average molecular weight is 270 g/mol. The maximum atomic E-state index is 11.0. The maximum Gasteiger partial charge on any atom is 0.288 e. The van der Waals surface area contributed by atoms with Crippen LogP contribution in [0.15, 0.2) is 17.0 Å². The van der Waals surface area contributed by atoms with Crippen LogP contribution >= 0.6 is 22.3 Å². The molecule has 5 nitrogen and oxygen atoms in total. The second-order valence-corrected chi connectivity index (χ2v) is 5.71. The molecular formula is C7H5Cl2NO4S. The van der Waals surface area contributed by atoms with Gasteiger partial charge >= 0.3 is 0 Å². The fraction of sp³-hybridized carbons (Fsp3) is 0.143. The molecule has 0 amide bonds. The molecule has 1 aromatic carbocycles. The molecule has 0 aliphatic rings. The Morgan fingerprint density at radius 3 is 2.33 bits per heavy atom. The minimum absolute atomic E-state index is 0.182. The number of aryl methyl sites for hydroxylation is 1. The Kier molecular flexibility index (Phi) is 3.22. The zero-order valence-corrected chi connectivity index (χ0v) is 9.73. The van der Waals surface area contributed by atoms with Crippen molar-refractivity contribution in [1.29, 1.82) is 0 Å². The fourth-order valence-electron chi connectivity index (χ4n) is 1.05. The van der Waals surface area contributed by atoms with Crippen LogP contribution in [0, 0.1) is 17.0 Å². The third-order valence-electron chi connectivity index (χ3n) is 1.70. The average Bonchev–Trinajstić information content (AvgIpc) is 2.06. The molecule has 0 fully saturated rings. The normalized spacial score (nSPS) is 11.4. The summed E-state index contributed by atoms with van der Waals surface area (Å²) in [6, 6.07) is 2.04. The maximum absolute atomic E-state index is 11.0. The molecule has 15 heavy (non-hydrogen) atoms. The van der Waals surface area contributed by atoms with Gasteiger partial charge in [0, 0.05) is 16.7 Å². The van der Waals surface area contributed by atoms with Gasteiger partial charge in [-0.15, -0.1) is 0 Å². The highest BCUT2D eigenvalue weighted by molar-refractivity contribution is 8.13. The molecule has 0 heterocycles. The zero-order chi connectivity index (χ0) is 11.8. The van der Waals surface area contributed by atoms with Gasteiger partial charge in [0.25, 0.3) is 14.7 Å². The van der Waals surface area contributed by atoms with Crippen LogP contribution in [-0.4, -0.2) is 13.3 Å². The molecule has 0 radical (unpaired) electrons. The predicted molar refractivity (Wildman–Crippen MR) is 55.9 cm³/mol. The molecule has 0 atom stereocenters. The zero-order valence-electron chi connectivity index (χ0n) is 7.40. The van der Waals surface area contributed by atoms with E-state index in [0.29, 0.717) is 0 Å². The van der Waals surface area contributed by atoms with Gasteiger partial charge in [0.2, 0.25) is 0 Å². The van der Waals surface area contributed by atoms with Crippen molar-refractivity contribution in [3.8, 4) is 0 Å². The Labute approximate surface area is 95.2 Å². The molecule has 0 N–H and O–H groups in total. The lowest BCUT2D eigenvalue weighted by Gasteiger charge is -2.02. The van der Waals surface area contributed by atoms with Crippen molar-refractivity contribution in [3.63, 3.8) is 0 Å². The van der Waals surface area contributed by atoms with E-state index in [1.165, 1.54) is 6.92 Å². The molecule has 0 aliphatic heterocycles. The molecular weight excluding hydrogens is 265 g/mol. The summed E-state index contributed by atoms with van der Waals surface area (Å²) in [5, 5.41) is 10.2. The number of benzene rings is 1. The molecule has 0 aliphatic carbocycles. The van der Waals surface area contributed by atoms with Gasteiger partial charge in [0.1, 0.15) is 5.02 Å². The summed E-state index contributed by atoms with van der Waals surface area (Å²) in [4.78, 5) is 9.56. The number of hydrogen-bond donors (Lipinski definition) is 0. The lowest BCUT2D eigenvalue weighted by Crippen LogP contribution is -1.97. The van der Waals surface area contributed by atoms with Crippen LogP contribution in [0.4, 0.5) is 5.69 Å². The molecule has 1 aromatic rings. The van der Waals surface area contributed by atoms with Crippen LogP contribution in [0.5, 0.6) is 0 Å². The first-order valence-corrected chi connectivity index (χ1v) is 6.31. The van der Waals surface area contributed by atoms with Gasteiger partial charge < -0.3 is 0 Å². The van der Waals surface area contributed by atoms with E-state index in [1.54, 1.807) is 0 Å². The number of hydrogen-bond acceptors (Lipinski definition) is 4. The third-order valence-corrected chi connectivity index (χ3v) is 3.47. The number of nitro groups is 1. The SMILES string of the molecule is Cc1cc([N+](=O)[O-])c(Cl)cc1S(=O)(=O)Cl. The van der Waals surface area contributed by atoms with Gasteiger partial charge in [0.05, 0.1) is 9.82 Å². The van der Waals surface area contributed by atoms with E-state index in [9.17, 15) is 18.5 Å². The standard InChI is InChI=1S/C7H5Cl2NO4S/c1-4-2-6(10(11)12)5(8)3-7(4)15(9,13)14/h2-3H,1H3. The topological polar surface area (TPSA) is 77.3 Å². The second-order valence-electron chi connectivity index (χ2n) is 2.76. The summed E-state index contributed by atoms with van der Waals surface area (Å²) in [5.41, 5.74) is -0.167. The Bertz CT molecular complexity index is 526. The van der Waals surface area contributed by atoms with Crippen LogP contribution in [0.3, 0.4) is 0 Å². The summed E-state index contributed by atoms with van der Waals surface area (Å²) in [6.45, 7) is 1.40. The van der Waals surface area contributed by atoms with Crippen molar-refractivity contribution in [3.05, 3.63) is 32.8 Å². The summed E-state index contributed by atoms with van der Waals surface area (Å²) in [5.74, 6) is 0. The van der Waals surface area contributed by atoms with Crippen molar-refractivity contribution >= 4 is 37.0 Å². The second kappa shape index (κ2) is 3.96. The van der Waals surface area contributed by atoms with Crippen LogP contribution in [-0.2, 0) is 9.05 Å². The molecule has 0 spiro atoms. The highest BCUT2D eigenvalue weighted by Gasteiger charge is 2.20. The lowest BCUT2D eigenvalue weighted by atomic mass is 10.2. The first kappa shape index (κ1) is 12.2. The van der Waals surface area contributed by atoms with E-state index in [2.05, 4.69) is 0 Å². The van der Waals surface area contributed by atoms with Crippen LogP contribution in [0.25, 0.3) is 0 Å². The van der Waals surface area contributed by atoms with Crippen molar-refractivity contribution in [1.82, 2.24) is 0 Å². The molecule has 0 aromatic heterocycles. The summed E-state index contributed by atoms with van der Waals surface area (Å²) in [6.07, 6.45) is 0. The summed E-state index contributed by atoms with van der Waals surface area (Å²) in [7, 11) is 1.18. The minimum atomic E-state index is -3.93. The van der Waals surface area contributed by atoms with Crippen LogP contribution < -0.4 is 0 Å². The lowest BCUT2D eigenvalue weighted by molar-refractivity contribution is -0.384. The Morgan fingerprint density at radius 2 is 1.93 bits per heavy atom. The van der Waals surface area contributed by atoms with Crippen molar-refractivity contribution in [2.75, 3.05) is 0 Å². The Morgan fingerprint density at radius 1 is 1.40 bits per heavy atom. The number of nitrogens with zero attached hydrogens (tertiary/aromatic N) is 1. The van der Waals surface area contributed by atoms with E-state index < -0.39 is 14.0 Å². The van der Waals surface area contributed by atoms with E-state index in [-0.39, 0.29) is 21.2 Å². The quantitative estimate of drug-likeness (QED) is 0.470. The fourth-order valence-corrected chi connectivity index (χ4v) is 2.55. The molecule has 0 saturated carbocycles. The van der Waals surface area contributed by atoms with E-state index in [1.807, 2.05) is 0 Å². The summed E-state index contributed by atoms with van der Waals surface area (Å²) >= 11 is 5.54. The molecule has 0 unspecified atom stereocenters. The van der Waals surface area contributed by atoms with Crippen molar-refractivity contribution < 1.29 is 13.3 Å². The van der Waals surface area contributed by atoms with E-state index >= 15 is 0 Å². The first-order valence-electron chi connectivity index (χ1n) is 3.62. The van der Waals surface area contributed by atoms with Crippen molar-refractivity contribution in [2.24, 2.45) is 0 Å². The Hall–Kier alpha value is -0.850.